The number of amides is 1. The van der Waals surface area contributed by atoms with Crippen molar-refractivity contribution in [1.82, 2.24) is 5.48 Å². The summed E-state index contributed by atoms with van der Waals surface area (Å²) in [4.78, 5) is 10.8. The van der Waals surface area contributed by atoms with E-state index in [2.05, 4.69) is 12.2 Å². The Labute approximate surface area is 136 Å². The van der Waals surface area contributed by atoms with Gasteiger partial charge in [0.1, 0.15) is 0 Å². The molecule has 22 heavy (non-hydrogen) atoms. The van der Waals surface area contributed by atoms with Gasteiger partial charge in [0.2, 0.25) is 5.91 Å². The number of unbranched alkanes of at least 4 members (excludes halogenated alkanes) is 8. The Morgan fingerprint density at radius 3 is 2.09 bits per heavy atom. The topological polar surface area (TPSA) is 69.6 Å². The van der Waals surface area contributed by atoms with E-state index < -0.39 is 0 Å². The van der Waals surface area contributed by atoms with Crippen molar-refractivity contribution in [2.75, 3.05) is 0 Å². The average molecular weight is 313 g/mol. The Kier molecular flexibility index (Phi) is 15.8. The Morgan fingerprint density at radius 2 is 1.50 bits per heavy atom. The summed E-state index contributed by atoms with van der Waals surface area (Å²) in [6.07, 6.45) is 18.0. The van der Waals surface area contributed by atoms with E-state index in [1.165, 1.54) is 25.7 Å². The van der Waals surface area contributed by atoms with Crippen LogP contribution in [0.2, 0.25) is 0 Å². The van der Waals surface area contributed by atoms with E-state index in [1.807, 2.05) is 6.92 Å². The Morgan fingerprint density at radius 1 is 0.955 bits per heavy atom. The third kappa shape index (κ3) is 15.5. The summed E-state index contributed by atoms with van der Waals surface area (Å²) in [6, 6.07) is 0. The molecule has 0 saturated carbocycles. The maximum Gasteiger partial charge on any atom is 0.243 e. The first kappa shape index (κ1) is 21.1. The zero-order valence-electron chi connectivity index (χ0n) is 14.2. The summed E-state index contributed by atoms with van der Waals surface area (Å²) >= 11 is 0. The van der Waals surface area contributed by atoms with Gasteiger partial charge in [0.25, 0.3) is 0 Å². The molecule has 4 heteroatoms. The van der Waals surface area contributed by atoms with Crippen LogP contribution in [-0.2, 0) is 4.79 Å². The van der Waals surface area contributed by atoms with E-state index >= 15 is 0 Å². The number of carbonyl (C=O) groups excluding carboxylic acids is 1. The van der Waals surface area contributed by atoms with Crippen molar-refractivity contribution in [3.8, 4) is 0 Å². The molecule has 130 valence electrons. The van der Waals surface area contributed by atoms with E-state index in [0.717, 1.165) is 51.4 Å². The summed E-state index contributed by atoms with van der Waals surface area (Å²) in [6.45, 7) is 2.03. The molecule has 0 aliphatic carbocycles. The molecule has 4 nitrogen and oxygen atoms in total. The van der Waals surface area contributed by atoms with E-state index in [4.69, 9.17) is 5.21 Å². The molecule has 0 fully saturated rings. The van der Waals surface area contributed by atoms with Gasteiger partial charge in [-0.25, -0.2) is 5.48 Å². The second-order valence-electron chi connectivity index (χ2n) is 6.01. The molecule has 0 heterocycles. The third-order valence-corrected chi connectivity index (χ3v) is 3.95. The largest absolute Gasteiger partial charge is 0.393 e. The number of rotatable bonds is 15. The van der Waals surface area contributed by atoms with Crippen LogP contribution in [0.3, 0.4) is 0 Å². The summed E-state index contributed by atoms with van der Waals surface area (Å²) in [7, 11) is 0. The quantitative estimate of drug-likeness (QED) is 0.180. The highest BCUT2D eigenvalue weighted by atomic mass is 16.5. The molecule has 0 aromatic heterocycles. The molecule has 1 atom stereocenters. The van der Waals surface area contributed by atoms with Gasteiger partial charge >= 0.3 is 0 Å². The fraction of sp³-hybridized carbons (Fsp3) is 0.833. The van der Waals surface area contributed by atoms with Crippen molar-refractivity contribution >= 4 is 5.91 Å². The van der Waals surface area contributed by atoms with Crippen molar-refractivity contribution < 1.29 is 15.1 Å². The van der Waals surface area contributed by atoms with Crippen molar-refractivity contribution in [2.24, 2.45) is 0 Å². The lowest BCUT2D eigenvalue weighted by molar-refractivity contribution is -0.129. The summed E-state index contributed by atoms with van der Waals surface area (Å²) in [5, 5.41) is 17.8. The molecule has 0 bridgehead atoms. The lowest BCUT2D eigenvalue weighted by atomic mass is 10.1. The predicted molar refractivity (Wildman–Crippen MR) is 90.8 cm³/mol. The number of carbonyl (C=O) groups is 1. The minimum Gasteiger partial charge on any atom is -0.393 e. The fourth-order valence-electron chi connectivity index (χ4n) is 2.39. The number of aliphatic hydroxyl groups is 1. The van der Waals surface area contributed by atoms with Gasteiger partial charge < -0.3 is 5.11 Å². The standard InChI is InChI=1S/C18H35NO3/c1-2-17(20)15-13-11-9-7-5-3-4-6-8-10-12-14-16-18(21)19-22/h3,5,17,20,22H,2,4,6-16H2,1H3,(H,19,21)/b5-3-/t17-/m1/s1. The van der Waals surface area contributed by atoms with Gasteiger partial charge in [-0.15, -0.1) is 0 Å². The Bertz CT molecular complexity index is 280. The number of aliphatic hydroxyl groups excluding tert-OH is 1. The van der Waals surface area contributed by atoms with Gasteiger partial charge in [-0.3, -0.25) is 10.0 Å². The Balaban J connectivity index is 3.16. The van der Waals surface area contributed by atoms with Crippen molar-refractivity contribution in [3.05, 3.63) is 12.2 Å². The second kappa shape index (κ2) is 16.5. The summed E-state index contributed by atoms with van der Waals surface area (Å²) < 4.78 is 0. The molecule has 3 N–H and O–H groups in total. The fourth-order valence-corrected chi connectivity index (χ4v) is 2.39. The zero-order valence-corrected chi connectivity index (χ0v) is 14.2. The van der Waals surface area contributed by atoms with Crippen molar-refractivity contribution in [2.45, 2.75) is 96.5 Å². The lowest BCUT2D eigenvalue weighted by Gasteiger charge is -2.05. The van der Waals surface area contributed by atoms with Crippen LogP contribution < -0.4 is 5.48 Å². The van der Waals surface area contributed by atoms with Crippen LogP contribution in [0, 0.1) is 0 Å². The van der Waals surface area contributed by atoms with E-state index in [0.29, 0.717) is 6.42 Å². The molecule has 0 aliphatic heterocycles. The molecular formula is C18H35NO3. The molecule has 0 saturated heterocycles. The number of allylic oxidation sites excluding steroid dienone is 2. The minimum atomic E-state index is -0.285. The average Bonchev–Trinajstić information content (AvgIpc) is 2.54. The van der Waals surface area contributed by atoms with Gasteiger partial charge in [0.15, 0.2) is 0 Å². The highest BCUT2D eigenvalue weighted by molar-refractivity contribution is 5.74. The molecule has 0 aliphatic rings. The van der Waals surface area contributed by atoms with Crippen LogP contribution in [0.25, 0.3) is 0 Å². The zero-order chi connectivity index (χ0) is 16.5. The predicted octanol–water partition coefficient (Wildman–Crippen LogP) is 4.50. The molecule has 0 unspecified atom stereocenters. The van der Waals surface area contributed by atoms with Crippen LogP contribution in [0.4, 0.5) is 0 Å². The first-order chi connectivity index (χ1) is 10.7. The first-order valence-corrected chi connectivity index (χ1v) is 8.96. The molecule has 0 aromatic carbocycles. The molecule has 0 radical (unpaired) electrons. The summed E-state index contributed by atoms with van der Waals surface area (Å²) in [5.41, 5.74) is 1.66. The van der Waals surface area contributed by atoms with E-state index in [9.17, 15) is 9.90 Å². The molecule has 0 rings (SSSR count). The maximum atomic E-state index is 10.8. The van der Waals surface area contributed by atoms with Crippen LogP contribution >= 0.6 is 0 Å². The van der Waals surface area contributed by atoms with Crippen molar-refractivity contribution in [3.63, 3.8) is 0 Å². The SMILES string of the molecule is CC[C@@H](O)CCCCC/C=C\CCCCCCCC(=O)NO. The monoisotopic (exact) mass is 313 g/mol. The lowest BCUT2D eigenvalue weighted by Crippen LogP contribution is -2.17. The first-order valence-electron chi connectivity index (χ1n) is 8.96. The summed E-state index contributed by atoms with van der Waals surface area (Å²) in [5.74, 6) is -0.285. The smallest absolute Gasteiger partial charge is 0.243 e. The number of hydrogen-bond donors (Lipinski definition) is 3. The van der Waals surface area contributed by atoms with Crippen molar-refractivity contribution in [1.29, 1.82) is 0 Å². The van der Waals surface area contributed by atoms with Gasteiger partial charge in [0, 0.05) is 6.42 Å². The van der Waals surface area contributed by atoms with Crippen LogP contribution in [0.1, 0.15) is 90.4 Å². The van der Waals surface area contributed by atoms with Crippen LogP contribution in [0.5, 0.6) is 0 Å². The normalized spacial score (nSPS) is 12.7. The maximum absolute atomic E-state index is 10.8. The van der Waals surface area contributed by atoms with E-state index in [-0.39, 0.29) is 12.0 Å². The van der Waals surface area contributed by atoms with Crippen LogP contribution in [-0.4, -0.2) is 22.3 Å². The second-order valence-corrected chi connectivity index (χ2v) is 6.01. The highest BCUT2D eigenvalue weighted by Gasteiger charge is 1.99. The van der Waals surface area contributed by atoms with Crippen LogP contribution in [0.15, 0.2) is 12.2 Å². The number of hydrogen-bond acceptors (Lipinski definition) is 3. The van der Waals surface area contributed by atoms with Gasteiger partial charge in [-0.05, 0) is 44.9 Å². The van der Waals surface area contributed by atoms with Gasteiger partial charge in [0.05, 0.1) is 6.10 Å². The number of hydroxylamine groups is 1. The molecule has 1 amide bonds. The molecular weight excluding hydrogens is 278 g/mol. The molecule has 0 spiro atoms. The third-order valence-electron chi connectivity index (χ3n) is 3.95. The Hall–Kier alpha value is -0.870. The van der Waals surface area contributed by atoms with E-state index in [1.54, 1.807) is 5.48 Å². The minimum absolute atomic E-state index is 0.103. The number of nitrogens with one attached hydrogen (secondary N) is 1. The van der Waals surface area contributed by atoms with Gasteiger partial charge in [-0.2, -0.15) is 0 Å². The highest BCUT2D eigenvalue weighted by Crippen LogP contribution is 2.10. The van der Waals surface area contributed by atoms with Gasteiger partial charge in [-0.1, -0.05) is 51.2 Å². The molecule has 0 aromatic rings.